The third-order valence-corrected chi connectivity index (χ3v) is 6.22. The zero-order valence-electron chi connectivity index (χ0n) is 17.3. The van der Waals surface area contributed by atoms with Crippen LogP contribution < -0.4 is 0 Å². The number of rotatable bonds is 4. The highest BCUT2D eigenvalue weighted by atomic mass is 16.3. The van der Waals surface area contributed by atoms with Crippen molar-refractivity contribution in [3.05, 3.63) is 35.1 Å². The second-order valence-electron chi connectivity index (χ2n) is 8.86. The number of fused-ring (bicyclic) bond motifs is 1. The van der Waals surface area contributed by atoms with Crippen molar-refractivity contribution in [3.63, 3.8) is 0 Å². The molecule has 28 heavy (non-hydrogen) atoms. The first-order valence-corrected chi connectivity index (χ1v) is 10.4. The Morgan fingerprint density at radius 3 is 2.68 bits per heavy atom. The highest BCUT2D eigenvalue weighted by Crippen LogP contribution is 2.33. The Kier molecular flexibility index (Phi) is 4.94. The summed E-state index contributed by atoms with van der Waals surface area (Å²) in [4.78, 5) is 30.0. The van der Waals surface area contributed by atoms with E-state index in [2.05, 4.69) is 13.8 Å². The molecule has 0 radical (unpaired) electrons. The summed E-state index contributed by atoms with van der Waals surface area (Å²) in [7, 11) is 0. The highest BCUT2D eigenvalue weighted by Gasteiger charge is 2.37. The van der Waals surface area contributed by atoms with Crippen LogP contribution in [0.15, 0.2) is 22.6 Å². The highest BCUT2D eigenvalue weighted by molar-refractivity contribution is 5.99. The van der Waals surface area contributed by atoms with E-state index in [1.165, 1.54) is 12.8 Å². The fraction of sp³-hybridized carbons (Fsp3) is 0.565. The van der Waals surface area contributed by atoms with Crippen molar-refractivity contribution >= 4 is 22.8 Å². The van der Waals surface area contributed by atoms with E-state index in [0.29, 0.717) is 37.1 Å². The van der Waals surface area contributed by atoms with Crippen LogP contribution in [0.25, 0.3) is 11.0 Å². The van der Waals surface area contributed by atoms with Crippen molar-refractivity contribution in [3.8, 4) is 0 Å². The number of carbonyl (C=O) groups is 2. The van der Waals surface area contributed by atoms with Crippen LogP contribution in [0.3, 0.4) is 0 Å². The van der Waals surface area contributed by atoms with Gasteiger partial charge in [-0.25, -0.2) is 0 Å². The van der Waals surface area contributed by atoms with E-state index >= 15 is 0 Å². The largest absolute Gasteiger partial charge is 0.451 e. The molecule has 0 bridgehead atoms. The number of aryl methyl sites for hydroxylation is 2. The summed E-state index contributed by atoms with van der Waals surface area (Å²) in [5, 5.41) is 0.982. The molecule has 0 unspecified atom stereocenters. The molecule has 1 atom stereocenters. The van der Waals surface area contributed by atoms with Gasteiger partial charge in [-0.05, 0) is 50.2 Å². The van der Waals surface area contributed by atoms with E-state index in [0.717, 1.165) is 28.6 Å². The number of hydrogen-bond donors (Lipinski definition) is 0. The van der Waals surface area contributed by atoms with Crippen LogP contribution in [0.2, 0.25) is 0 Å². The Balaban J connectivity index is 1.62. The fourth-order valence-electron chi connectivity index (χ4n) is 4.23. The third kappa shape index (κ3) is 3.54. The van der Waals surface area contributed by atoms with Crippen LogP contribution in [0, 0.1) is 25.7 Å². The van der Waals surface area contributed by atoms with Gasteiger partial charge in [-0.15, -0.1) is 0 Å². The Morgan fingerprint density at radius 2 is 2.00 bits per heavy atom. The van der Waals surface area contributed by atoms with Gasteiger partial charge >= 0.3 is 0 Å². The predicted octanol–water partition coefficient (Wildman–Crippen LogP) is 4.16. The monoisotopic (exact) mass is 382 g/mol. The Labute approximate surface area is 166 Å². The van der Waals surface area contributed by atoms with Gasteiger partial charge in [-0.3, -0.25) is 9.59 Å². The summed E-state index contributed by atoms with van der Waals surface area (Å²) in [5.41, 5.74) is 2.74. The van der Waals surface area contributed by atoms with E-state index in [-0.39, 0.29) is 17.9 Å². The topological polar surface area (TPSA) is 53.8 Å². The average Bonchev–Trinajstić information content (AvgIpc) is 3.43. The van der Waals surface area contributed by atoms with Gasteiger partial charge in [0, 0.05) is 37.0 Å². The zero-order valence-corrected chi connectivity index (χ0v) is 17.3. The molecule has 1 saturated heterocycles. The minimum atomic E-state index is -0.0990. The van der Waals surface area contributed by atoms with Crippen molar-refractivity contribution < 1.29 is 14.0 Å². The van der Waals surface area contributed by atoms with Crippen LogP contribution >= 0.6 is 0 Å². The Morgan fingerprint density at radius 1 is 1.25 bits per heavy atom. The maximum Gasteiger partial charge on any atom is 0.289 e. The lowest BCUT2D eigenvalue weighted by Crippen LogP contribution is -2.48. The molecule has 2 amide bonds. The lowest BCUT2D eigenvalue weighted by molar-refractivity contribution is -0.133. The van der Waals surface area contributed by atoms with Gasteiger partial charge in [0.15, 0.2) is 5.76 Å². The number of amides is 2. The maximum atomic E-state index is 13.3. The van der Waals surface area contributed by atoms with Gasteiger partial charge in [-0.1, -0.05) is 26.0 Å². The van der Waals surface area contributed by atoms with E-state index in [9.17, 15) is 9.59 Å². The van der Waals surface area contributed by atoms with Gasteiger partial charge in [0.1, 0.15) is 5.58 Å². The predicted molar refractivity (Wildman–Crippen MR) is 109 cm³/mol. The third-order valence-electron chi connectivity index (χ3n) is 6.22. The van der Waals surface area contributed by atoms with Crippen LogP contribution in [0.4, 0.5) is 0 Å². The first-order valence-electron chi connectivity index (χ1n) is 10.4. The van der Waals surface area contributed by atoms with Crippen molar-refractivity contribution in [2.45, 2.75) is 53.0 Å². The molecule has 2 aliphatic rings. The van der Waals surface area contributed by atoms with Gasteiger partial charge in [0.25, 0.3) is 5.91 Å². The summed E-state index contributed by atoms with van der Waals surface area (Å²) in [5.74, 6) is 1.44. The Bertz CT molecular complexity index is 910. The van der Waals surface area contributed by atoms with Crippen molar-refractivity contribution in [2.75, 3.05) is 19.6 Å². The molecular weight excluding hydrogens is 352 g/mol. The number of furan rings is 1. The standard InChI is InChI=1S/C23H30N2O3/c1-14(2)19-13-24(10-9-21(26)25(19)12-17-6-7-17)23(27)22-16(4)18-8-5-15(3)11-20(18)28-22/h5,8,11,14,17,19H,6-7,9-10,12-13H2,1-4H3/t19-/m0/s1. The number of benzene rings is 1. The van der Waals surface area contributed by atoms with Gasteiger partial charge in [0.2, 0.25) is 5.91 Å². The summed E-state index contributed by atoms with van der Waals surface area (Å²) >= 11 is 0. The molecule has 1 aromatic heterocycles. The van der Waals surface area contributed by atoms with Gasteiger partial charge < -0.3 is 14.2 Å². The summed E-state index contributed by atoms with van der Waals surface area (Å²) in [6, 6.07) is 6.08. The molecule has 0 N–H and O–H groups in total. The van der Waals surface area contributed by atoms with Crippen molar-refractivity contribution in [1.29, 1.82) is 0 Å². The molecule has 2 fully saturated rings. The number of carbonyl (C=O) groups excluding carboxylic acids is 2. The molecule has 4 rings (SSSR count). The maximum absolute atomic E-state index is 13.3. The fourth-order valence-corrected chi connectivity index (χ4v) is 4.23. The number of hydrogen-bond acceptors (Lipinski definition) is 3. The molecule has 1 aliphatic carbocycles. The molecule has 5 nitrogen and oxygen atoms in total. The van der Waals surface area contributed by atoms with Crippen LogP contribution in [-0.4, -0.2) is 47.3 Å². The second-order valence-corrected chi connectivity index (χ2v) is 8.86. The minimum Gasteiger partial charge on any atom is -0.451 e. The van der Waals surface area contributed by atoms with E-state index in [4.69, 9.17) is 4.42 Å². The van der Waals surface area contributed by atoms with E-state index < -0.39 is 0 Å². The van der Waals surface area contributed by atoms with Gasteiger partial charge in [0.05, 0.1) is 6.04 Å². The molecule has 0 spiro atoms. The summed E-state index contributed by atoms with van der Waals surface area (Å²) < 4.78 is 5.97. The first-order chi connectivity index (χ1) is 13.3. The summed E-state index contributed by atoms with van der Waals surface area (Å²) in [6.45, 7) is 10.1. The quantitative estimate of drug-likeness (QED) is 0.798. The molecule has 1 saturated carbocycles. The SMILES string of the molecule is Cc1ccc2c(C)c(C(=O)N3CCC(=O)N(CC4CC4)[C@H](C(C)C)C3)oc2c1. The molecule has 5 heteroatoms. The Hall–Kier alpha value is -2.30. The average molecular weight is 383 g/mol. The lowest BCUT2D eigenvalue weighted by atomic mass is 10.0. The second kappa shape index (κ2) is 7.26. The first kappa shape index (κ1) is 19.0. The molecule has 150 valence electrons. The lowest BCUT2D eigenvalue weighted by Gasteiger charge is -2.34. The van der Waals surface area contributed by atoms with Crippen LogP contribution in [0.5, 0.6) is 0 Å². The van der Waals surface area contributed by atoms with E-state index in [1.54, 1.807) is 0 Å². The van der Waals surface area contributed by atoms with Crippen molar-refractivity contribution in [2.24, 2.45) is 11.8 Å². The van der Waals surface area contributed by atoms with Crippen LogP contribution in [-0.2, 0) is 4.79 Å². The zero-order chi connectivity index (χ0) is 20.0. The van der Waals surface area contributed by atoms with Crippen LogP contribution in [0.1, 0.15) is 54.8 Å². The smallest absolute Gasteiger partial charge is 0.289 e. The molecule has 1 aliphatic heterocycles. The summed E-state index contributed by atoms with van der Waals surface area (Å²) in [6.07, 6.45) is 2.82. The van der Waals surface area contributed by atoms with Gasteiger partial charge in [-0.2, -0.15) is 0 Å². The normalized spacial score (nSPS) is 20.9. The molecular formula is C23H30N2O3. The van der Waals surface area contributed by atoms with E-state index in [1.807, 2.05) is 41.8 Å². The number of nitrogens with zero attached hydrogens (tertiary/aromatic N) is 2. The molecule has 1 aromatic carbocycles. The molecule has 2 aromatic rings. The minimum absolute atomic E-state index is 0.0616. The molecule has 2 heterocycles. The van der Waals surface area contributed by atoms with Crippen molar-refractivity contribution in [1.82, 2.24) is 9.80 Å².